The zero-order valence-corrected chi connectivity index (χ0v) is 12.5. The summed E-state index contributed by atoms with van der Waals surface area (Å²) in [4.78, 5) is 31.7. The molecule has 0 aliphatic carbocycles. The summed E-state index contributed by atoms with van der Waals surface area (Å²) in [7, 11) is 0. The summed E-state index contributed by atoms with van der Waals surface area (Å²) < 4.78 is 0. The van der Waals surface area contributed by atoms with E-state index in [2.05, 4.69) is 15.2 Å². The highest BCUT2D eigenvalue weighted by molar-refractivity contribution is 5.92. The van der Waals surface area contributed by atoms with Crippen LogP contribution >= 0.6 is 0 Å². The van der Waals surface area contributed by atoms with Crippen LogP contribution < -0.4 is 11.1 Å². The van der Waals surface area contributed by atoms with Crippen molar-refractivity contribution in [3.05, 3.63) is 23.9 Å². The van der Waals surface area contributed by atoms with Crippen LogP contribution in [0.15, 0.2) is 18.2 Å². The SMILES string of the molecule is NC(=O)c1cccc(NC(=O)N2CCC(N3CCCC3)C2)n1. The minimum absolute atomic E-state index is 0.147. The van der Waals surface area contributed by atoms with Crippen LogP contribution in [0.5, 0.6) is 0 Å². The Morgan fingerprint density at radius 1 is 1.23 bits per heavy atom. The normalized spacial score (nSPS) is 22.0. The molecule has 2 aliphatic heterocycles. The average Bonchev–Trinajstić information content (AvgIpc) is 3.18. The highest BCUT2D eigenvalue weighted by Crippen LogP contribution is 2.21. The standard InChI is InChI=1S/C15H21N5O2/c16-14(21)12-4-3-5-13(17-12)18-15(22)20-9-6-11(10-20)19-7-1-2-8-19/h3-5,11H,1-2,6-10H2,(H2,16,21)(H,17,18,22). The van der Waals surface area contributed by atoms with Crippen molar-refractivity contribution in [1.29, 1.82) is 0 Å². The largest absolute Gasteiger partial charge is 0.364 e. The second-order valence-electron chi connectivity index (χ2n) is 5.83. The van der Waals surface area contributed by atoms with E-state index in [9.17, 15) is 9.59 Å². The minimum atomic E-state index is -0.605. The van der Waals surface area contributed by atoms with Crippen LogP contribution in [0, 0.1) is 0 Å². The van der Waals surface area contributed by atoms with Crippen molar-refractivity contribution in [2.45, 2.75) is 25.3 Å². The lowest BCUT2D eigenvalue weighted by molar-refractivity contribution is 0.0995. The predicted octanol–water partition coefficient (Wildman–Crippen LogP) is 0.882. The van der Waals surface area contributed by atoms with Crippen molar-refractivity contribution in [2.24, 2.45) is 5.73 Å². The lowest BCUT2D eigenvalue weighted by Crippen LogP contribution is -2.38. The van der Waals surface area contributed by atoms with E-state index in [4.69, 9.17) is 5.73 Å². The molecule has 0 radical (unpaired) electrons. The summed E-state index contributed by atoms with van der Waals surface area (Å²) in [6, 6.07) is 5.13. The van der Waals surface area contributed by atoms with Gasteiger partial charge in [0.2, 0.25) is 0 Å². The number of likely N-dealkylation sites (tertiary alicyclic amines) is 2. The van der Waals surface area contributed by atoms with Gasteiger partial charge >= 0.3 is 6.03 Å². The summed E-state index contributed by atoms with van der Waals surface area (Å²) in [5, 5.41) is 2.74. The molecule has 1 aromatic rings. The first-order chi connectivity index (χ1) is 10.6. The van der Waals surface area contributed by atoms with Crippen LogP contribution in [0.2, 0.25) is 0 Å². The molecule has 1 unspecified atom stereocenters. The quantitative estimate of drug-likeness (QED) is 0.867. The van der Waals surface area contributed by atoms with Gasteiger partial charge in [0.25, 0.3) is 5.91 Å². The van der Waals surface area contributed by atoms with E-state index in [1.54, 1.807) is 12.1 Å². The first kappa shape index (κ1) is 14.8. The fourth-order valence-corrected chi connectivity index (χ4v) is 3.16. The predicted molar refractivity (Wildman–Crippen MR) is 82.6 cm³/mol. The number of hydrogen-bond acceptors (Lipinski definition) is 4. The fourth-order valence-electron chi connectivity index (χ4n) is 3.16. The highest BCUT2D eigenvalue weighted by atomic mass is 16.2. The molecular weight excluding hydrogens is 282 g/mol. The first-order valence-electron chi connectivity index (χ1n) is 7.70. The van der Waals surface area contributed by atoms with E-state index in [0.29, 0.717) is 11.9 Å². The lowest BCUT2D eigenvalue weighted by atomic mass is 10.2. The van der Waals surface area contributed by atoms with E-state index in [1.807, 2.05) is 4.90 Å². The number of aromatic nitrogens is 1. The number of rotatable bonds is 3. The molecule has 7 nitrogen and oxygen atoms in total. The summed E-state index contributed by atoms with van der Waals surface area (Å²) in [5.74, 6) is -0.253. The van der Waals surface area contributed by atoms with E-state index in [1.165, 1.54) is 18.9 Å². The van der Waals surface area contributed by atoms with Gasteiger partial charge in [-0.3, -0.25) is 15.0 Å². The Hall–Kier alpha value is -2.15. The molecule has 3 amide bonds. The number of nitrogens with one attached hydrogen (secondary N) is 1. The van der Waals surface area contributed by atoms with Crippen LogP contribution in [0.25, 0.3) is 0 Å². The Balaban J connectivity index is 1.58. The third-order valence-electron chi connectivity index (χ3n) is 4.34. The van der Waals surface area contributed by atoms with Gasteiger partial charge in [0, 0.05) is 19.1 Å². The van der Waals surface area contributed by atoms with Gasteiger partial charge in [-0.1, -0.05) is 6.07 Å². The van der Waals surface area contributed by atoms with Crippen LogP contribution in [0.1, 0.15) is 29.8 Å². The first-order valence-corrected chi connectivity index (χ1v) is 7.70. The topological polar surface area (TPSA) is 91.6 Å². The van der Waals surface area contributed by atoms with Gasteiger partial charge in [-0.05, 0) is 44.5 Å². The molecule has 2 aliphatic rings. The molecule has 0 aromatic carbocycles. The molecule has 3 heterocycles. The van der Waals surface area contributed by atoms with E-state index in [0.717, 1.165) is 32.6 Å². The Kier molecular flexibility index (Phi) is 4.24. The van der Waals surface area contributed by atoms with Gasteiger partial charge in [0.15, 0.2) is 0 Å². The summed E-state index contributed by atoms with van der Waals surface area (Å²) in [5.41, 5.74) is 5.34. The Labute approximate surface area is 129 Å². The van der Waals surface area contributed by atoms with E-state index in [-0.39, 0.29) is 11.7 Å². The lowest BCUT2D eigenvalue weighted by Gasteiger charge is -2.23. The average molecular weight is 303 g/mol. The molecule has 0 spiro atoms. The number of nitrogens with two attached hydrogens (primary N) is 1. The zero-order valence-electron chi connectivity index (χ0n) is 12.5. The molecule has 22 heavy (non-hydrogen) atoms. The molecular formula is C15H21N5O2. The number of anilines is 1. The van der Waals surface area contributed by atoms with Crippen molar-refractivity contribution in [2.75, 3.05) is 31.5 Å². The Morgan fingerprint density at radius 3 is 2.73 bits per heavy atom. The molecule has 3 N–H and O–H groups in total. The third kappa shape index (κ3) is 3.19. The van der Waals surface area contributed by atoms with Gasteiger partial charge in [-0.25, -0.2) is 9.78 Å². The third-order valence-corrected chi connectivity index (χ3v) is 4.34. The molecule has 7 heteroatoms. The smallest absolute Gasteiger partial charge is 0.323 e. The summed E-state index contributed by atoms with van der Waals surface area (Å²) >= 11 is 0. The van der Waals surface area contributed by atoms with Gasteiger partial charge in [-0.2, -0.15) is 0 Å². The maximum absolute atomic E-state index is 12.3. The summed E-state index contributed by atoms with van der Waals surface area (Å²) in [6.07, 6.45) is 3.53. The number of urea groups is 1. The molecule has 118 valence electrons. The second-order valence-corrected chi connectivity index (χ2v) is 5.83. The number of nitrogens with zero attached hydrogens (tertiary/aromatic N) is 3. The number of primary amides is 1. The van der Waals surface area contributed by atoms with Crippen LogP contribution in [0.4, 0.5) is 10.6 Å². The fraction of sp³-hybridized carbons (Fsp3) is 0.533. The van der Waals surface area contributed by atoms with Gasteiger partial charge in [0.1, 0.15) is 11.5 Å². The molecule has 0 saturated carbocycles. The molecule has 2 saturated heterocycles. The van der Waals surface area contributed by atoms with Crippen molar-refractivity contribution in [3.8, 4) is 0 Å². The molecule has 1 atom stereocenters. The second kappa shape index (κ2) is 6.31. The van der Waals surface area contributed by atoms with Crippen molar-refractivity contribution in [1.82, 2.24) is 14.8 Å². The Morgan fingerprint density at radius 2 is 2.00 bits per heavy atom. The highest BCUT2D eigenvalue weighted by Gasteiger charge is 2.31. The monoisotopic (exact) mass is 303 g/mol. The number of amides is 3. The number of pyridine rings is 1. The summed E-state index contributed by atoms with van der Waals surface area (Å²) in [6.45, 7) is 3.79. The van der Waals surface area contributed by atoms with Crippen LogP contribution in [0.3, 0.4) is 0 Å². The van der Waals surface area contributed by atoms with Crippen molar-refractivity contribution >= 4 is 17.8 Å². The van der Waals surface area contributed by atoms with Gasteiger partial charge in [0.05, 0.1) is 0 Å². The van der Waals surface area contributed by atoms with Crippen molar-refractivity contribution in [3.63, 3.8) is 0 Å². The molecule has 2 fully saturated rings. The maximum Gasteiger partial charge on any atom is 0.323 e. The van der Waals surface area contributed by atoms with Gasteiger partial charge < -0.3 is 10.6 Å². The van der Waals surface area contributed by atoms with Crippen LogP contribution in [-0.4, -0.2) is 58.9 Å². The van der Waals surface area contributed by atoms with Gasteiger partial charge in [-0.15, -0.1) is 0 Å². The Bertz CT molecular complexity index is 571. The van der Waals surface area contributed by atoms with E-state index >= 15 is 0 Å². The number of hydrogen-bond donors (Lipinski definition) is 2. The minimum Gasteiger partial charge on any atom is -0.364 e. The molecule has 3 rings (SSSR count). The molecule has 1 aromatic heterocycles. The van der Waals surface area contributed by atoms with Crippen molar-refractivity contribution < 1.29 is 9.59 Å². The van der Waals surface area contributed by atoms with Crippen LogP contribution in [-0.2, 0) is 0 Å². The van der Waals surface area contributed by atoms with E-state index < -0.39 is 5.91 Å². The number of carbonyl (C=O) groups is 2. The molecule has 0 bridgehead atoms. The number of carbonyl (C=O) groups excluding carboxylic acids is 2. The zero-order chi connectivity index (χ0) is 15.5. The maximum atomic E-state index is 12.3.